The van der Waals surface area contributed by atoms with Crippen molar-refractivity contribution in [2.45, 2.75) is 6.42 Å². The molecule has 0 aromatic heterocycles. The molecule has 0 amide bonds. The summed E-state index contributed by atoms with van der Waals surface area (Å²) in [4.78, 5) is 0. The Morgan fingerprint density at radius 2 is 1.92 bits per heavy atom. The topological polar surface area (TPSA) is 9.23 Å². The Kier molecular flexibility index (Phi) is 5.57. The van der Waals surface area contributed by atoms with Crippen molar-refractivity contribution in [3.8, 4) is 5.75 Å². The van der Waals surface area contributed by atoms with E-state index in [0.29, 0.717) is 0 Å². The summed E-state index contributed by atoms with van der Waals surface area (Å²) in [5, 5.41) is 0. The number of hydrogen-bond donors (Lipinski definition) is 0. The molecule has 0 spiro atoms. The average Bonchev–Trinajstić information content (AvgIpc) is 2.05. The van der Waals surface area contributed by atoms with Crippen LogP contribution in [0.25, 0.3) is 0 Å². The van der Waals surface area contributed by atoms with Gasteiger partial charge in [0.2, 0.25) is 0 Å². The fourth-order valence-corrected chi connectivity index (χ4v) is 1.08. The Hall–Kier alpha value is -0.0322. The normalized spacial score (nSPS) is 11.7. The van der Waals surface area contributed by atoms with Crippen LogP contribution in [0.3, 0.4) is 0 Å². The first kappa shape index (κ1) is 12.0. The molecular weight excluding hydrogens is 374 g/mol. The van der Waals surface area contributed by atoms with Gasteiger partial charge >= 0.3 is 0 Å². The van der Waals surface area contributed by atoms with Crippen LogP contribution in [0.5, 0.6) is 5.75 Å². The van der Waals surface area contributed by atoms with Crippen molar-refractivity contribution >= 4 is 0 Å². The molecule has 0 N–H and O–H groups in total. The van der Waals surface area contributed by atoms with Gasteiger partial charge in [-0.05, 0) is 24.1 Å². The van der Waals surface area contributed by atoms with Gasteiger partial charge in [0.25, 0.3) is 0 Å². The van der Waals surface area contributed by atoms with Gasteiger partial charge in [-0.25, -0.2) is 0 Å². The second-order valence-electron chi connectivity index (χ2n) is 2.30. The van der Waals surface area contributed by atoms with Gasteiger partial charge in [-0.3, -0.25) is 0 Å². The van der Waals surface area contributed by atoms with Crippen molar-refractivity contribution in [2.75, 3.05) is 0 Å². The van der Waals surface area contributed by atoms with Gasteiger partial charge in [0.1, 0.15) is 5.75 Å². The van der Waals surface area contributed by atoms with Crippen molar-refractivity contribution < 1.29 is 42.9 Å². The predicted octanol–water partition coefficient (Wildman–Crippen LogP) is 2.13. The van der Waals surface area contributed by atoms with Crippen LogP contribution in [-0.2, 0) is 44.6 Å². The maximum absolute atomic E-state index is 5.24. The zero-order valence-electron chi connectivity index (χ0n) is 6.27. The van der Waals surface area contributed by atoms with Gasteiger partial charge in [0.05, 0.1) is 6.26 Å². The van der Waals surface area contributed by atoms with E-state index in [4.69, 9.17) is 4.74 Å². The number of benzene rings is 1. The Bertz CT molecular complexity index is 246. The third-order valence-electron chi connectivity index (χ3n) is 1.60. The number of fused-ring (bicyclic) bond motifs is 1. The van der Waals surface area contributed by atoms with Crippen molar-refractivity contribution in [3.05, 3.63) is 42.2 Å². The van der Waals surface area contributed by atoms with Crippen LogP contribution in [0.1, 0.15) is 5.56 Å². The average molecular weight is 382 g/mol. The van der Waals surface area contributed by atoms with Gasteiger partial charge < -0.3 is 4.74 Å². The third kappa shape index (κ3) is 2.48. The molecule has 2 rings (SSSR count). The van der Waals surface area contributed by atoms with E-state index in [-0.39, 0.29) is 38.1 Å². The summed E-state index contributed by atoms with van der Waals surface area (Å²) >= 11 is 0. The summed E-state index contributed by atoms with van der Waals surface area (Å²) in [6.07, 6.45) is 4.75. The molecule has 1 aliphatic heterocycles. The van der Waals surface area contributed by atoms with Gasteiger partial charge in [0.15, 0.2) is 0 Å². The van der Waals surface area contributed by atoms with E-state index in [2.05, 4.69) is 6.07 Å². The maximum atomic E-state index is 5.24. The van der Waals surface area contributed by atoms with E-state index in [0.717, 1.165) is 12.2 Å². The summed E-state index contributed by atoms with van der Waals surface area (Å²) < 4.78 is 5.24. The van der Waals surface area contributed by atoms with Crippen LogP contribution in [0.2, 0.25) is 0 Å². The fraction of sp³-hybridized carbons (Fsp3) is 0.111. The minimum absolute atomic E-state index is 0. The molecule has 3 heteroatoms. The summed E-state index contributed by atoms with van der Waals surface area (Å²) in [5.74, 6) is 0.991. The minimum atomic E-state index is 0. The standard InChI is InChI=1S/C9H8O.Mn.Pt/c1-2-6-9-8(4-1)5-3-7-10-9;;/h1-4,6-7H,5H2;;. The number of rotatable bonds is 0. The van der Waals surface area contributed by atoms with Crippen LogP contribution < -0.4 is 4.74 Å². The van der Waals surface area contributed by atoms with Crippen LogP contribution in [0, 0.1) is 0 Å². The summed E-state index contributed by atoms with van der Waals surface area (Å²) in [6, 6.07) is 8.08. The summed E-state index contributed by atoms with van der Waals surface area (Å²) in [5.41, 5.74) is 1.27. The molecular formula is C9H8MnOPt. The maximum Gasteiger partial charge on any atom is 0.130 e. The fourth-order valence-electron chi connectivity index (χ4n) is 1.08. The van der Waals surface area contributed by atoms with Crippen molar-refractivity contribution in [1.29, 1.82) is 0 Å². The molecule has 0 atom stereocenters. The molecule has 1 radical (unpaired) electrons. The number of allylic oxidation sites excluding steroid dienone is 1. The number of ether oxygens (including phenoxy) is 1. The van der Waals surface area contributed by atoms with Crippen LogP contribution in [0.15, 0.2) is 36.6 Å². The first-order valence-electron chi connectivity index (χ1n) is 3.36. The zero-order chi connectivity index (χ0) is 6.81. The quantitative estimate of drug-likeness (QED) is 0.625. The summed E-state index contributed by atoms with van der Waals surface area (Å²) in [6.45, 7) is 0. The molecule has 12 heavy (non-hydrogen) atoms. The molecule has 0 unspecified atom stereocenters. The van der Waals surface area contributed by atoms with E-state index in [1.807, 2.05) is 24.3 Å². The van der Waals surface area contributed by atoms with E-state index in [9.17, 15) is 0 Å². The first-order chi connectivity index (χ1) is 4.97. The molecule has 1 nitrogen and oxygen atoms in total. The smallest absolute Gasteiger partial charge is 0.130 e. The van der Waals surface area contributed by atoms with E-state index in [1.54, 1.807) is 6.26 Å². The Balaban J connectivity index is 0.000000605. The van der Waals surface area contributed by atoms with E-state index >= 15 is 0 Å². The molecule has 1 aromatic rings. The zero-order valence-corrected chi connectivity index (χ0v) is 9.73. The third-order valence-corrected chi connectivity index (χ3v) is 1.60. The Morgan fingerprint density at radius 3 is 2.67 bits per heavy atom. The molecule has 0 saturated heterocycles. The second-order valence-corrected chi connectivity index (χ2v) is 2.30. The molecule has 0 saturated carbocycles. The number of hydrogen-bond acceptors (Lipinski definition) is 1. The van der Waals surface area contributed by atoms with Crippen molar-refractivity contribution in [3.63, 3.8) is 0 Å². The molecule has 1 heterocycles. The van der Waals surface area contributed by atoms with Gasteiger partial charge in [0, 0.05) is 38.1 Å². The molecule has 0 fully saturated rings. The molecule has 1 aromatic carbocycles. The predicted molar refractivity (Wildman–Crippen MR) is 39.9 cm³/mol. The van der Waals surface area contributed by atoms with E-state index < -0.39 is 0 Å². The van der Waals surface area contributed by atoms with Crippen molar-refractivity contribution in [1.82, 2.24) is 0 Å². The SMILES string of the molecule is C1=COc2ccccc2C1.[Mn].[Pt]. The minimum Gasteiger partial charge on any atom is -0.465 e. The van der Waals surface area contributed by atoms with Gasteiger partial charge in [-0.1, -0.05) is 18.2 Å². The van der Waals surface area contributed by atoms with E-state index in [1.165, 1.54) is 5.56 Å². The van der Waals surface area contributed by atoms with Crippen LogP contribution in [-0.4, -0.2) is 0 Å². The molecule has 1 aliphatic rings. The van der Waals surface area contributed by atoms with Gasteiger partial charge in [-0.15, -0.1) is 0 Å². The van der Waals surface area contributed by atoms with Gasteiger partial charge in [-0.2, -0.15) is 0 Å². The second kappa shape index (κ2) is 5.59. The summed E-state index contributed by atoms with van der Waals surface area (Å²) in [7, 11) is 0. The number of para-hydroxylation sites is 1. The monoisotopic (exact) mass is 382 g/mol. The Labute approximate surface area is 96.9 Å². The molecule has 0 bridgehead atoms. The van der Waals surface area contributed by atoms with Crippen molar-refractivity contribution in [2.24, 2.45) is 0 Å². The first-order valence-corrected chi connectivity index (χ1v) is 3.36. The van der Waals surface area contributed by atoms with Crippen LogP contribution in [0.4, 0.5) is 0 Å². The molecule has 67 valence electrons. The molecule has 0 aliphatic carbocycles. The van der Waals surface area contributed by atoms with Crippen LogP contribution >= 0.6 is 0 Å². The Morgan fingerprint density at radius 1 is 1.17 bits per heavy atom. The largest absolute Gasteiger partial charge is 0.465 e.